The molecule has 2 atom stereocenters. The molecule has 0 fully saturated rings. The molecule has 0 nitrogen and oxygen atoms in total. The van der Waals surface area contributed by atoms with Crippen molar-refractivity contribution in [1.82, 2.24) is 0 Å². The molecule has 0 aliphatic heterocycles. The number of alkyl halides is 2. The Kier molecular flexibility index (Phi) is 5.80. The van der Waals surface area contributed by atoms with Crippen LogP contribution in [0, 0.1) is 0 Å². The minimum absolute atomic E-state index is 0. The van der Waals surface area contributed by atoms with E-state index in [1.165, 1.54) is 0 Å². The van der Waals surface area contributed by atoms with Crippen LogP contribution in [-0.4, -0.2) is 9.52 Å². The third-order valence-electron chi connectivity index (χ3n) is 4.94. The van der Waals surface area contributed by atoms with Crippen molar-refractivity contribution in [2.75, 3.05) is 0 Å². The molecule has 0 aromatic heterocycles. The van der Waals surface area contributed by atoms with Crippen LogP contribution >= 0.6 is 46.4 Å². The van der Waals surface area contributed by atoms with Crippen molar-refractivity contribution >= 4 is 68.1 Å². The first-order chi connectivity index (χ1) is 11.7. The van der Waals surface area contributed by atoms with E-state index in [0.29, 0.717) is 10.0 Å². The van der Waals surface area contributed by atoms with Crippen LogP contribution in [0.25, 0.3) is 12.2 Å². The van der Waals surface area contributed by atoms with E-state index in [1.807, 2.05) is 36.4 Å². The summed E-state index contributed by atoms with van der Waals surface area (Å²) in [5.74, 6) is 0. The van der Waals surface area contributed by atoms with Gasteiger partial charge in [0.05, 0.1) is 8.99 Å². The van der Waals surface area contributed by atoms with Gasteiger partial charge in [-0.3, -0.25) is 0 Å². The molecule has 0 bridgehead atoms. The number of hydrogen-bond acceptors (Lipinski definition) is 0. The molecule has 0 spiro atoms. The Labute approximate surface area is 195 Å². The molecule has 2 radical (unpaired) electrons. The molecule has 0 N–H and O–H groups in total. The monoisotopic (exact) mass is 512 g/mol. The van der Waals surface area contributed by atoms with Gasteiger partial charge in [0.25, 0.3) is 0 Å². The zero-order valence-corrected chi connectivity index (χ0v) is 20.6. The molecule has 2 unspecified atom stereocenters. The van der Waals surface area contributed by atoms with Crippen LogP contribution in [0.4, 0.5) is 0 Å². The summed E-state index contributed by atoms with van der Waals surface area (Å²) in [5.41, 5.74) is 6.49. The van der Waals surface area contributed by atoms with Gasteiger partial charge in [0.2, 0.25) is 0 Å². The van der Waals surface area contributed by atoms with E-state index >= 15 is 0 Å². The molecule has 4 rings (SSSR count). The molecule has 0 heterocycles. The van der Waals surface area contributed by atoms with Crippen molar-refractivity contribution < 1.29 is 26.2 Å². The first kappa shape index (κ1) is 20.9. The molecule has 0 amide bonds. The molecule has 2 aromatic rings. The summed E-state index contributed by atoms with van der Waals surface area (Å²) in [5, 5.41) is 1.43. The summed E-state index contributed by atoms with van der Waals surface area (Å²) < 4.78 is -1.25. The average Bonchev–Trinajstić information content (AvgIpc) is 2.90. The van der Waals surface area contributed by atoms with Crippen molar-refractivity contribution in [3.8, 4) is 0 Å². The number of halogens is 4. The summed E-state index contributed by atoms with van der Waals surface area (Å²) in [6.45, 7) is 4.12. The van der Waals surface area contributed by atoms with Gasteiger partial charge in [-0.25, -0.2) is 0 Å². The van der Waals surface area contributed by atoms with Gasteiger partial charge in [-0.15, -0.1) is 23.2 Å². The van der Waals surface area contributed by atoms with E-state index in [4.69, 9.17) is 46.4 Å². The van der Waals surface area contributed by atoms with Gasteiger partial charge in [0.15, 0.2) is 0 Å². The number of benzene rings is 2. The molecule has 2 aliphatic rings. The Morgan fingerprint density at radius 2 is 1.12 bits per heavy atom. The fourth-order valence-electron chi connectivity index (χ4n) is 3.59. The Balaban J connectivity index is 0.00000196. The minimum atomic E-state index is -0.627. The first-order valence-electron chi connectivity index (χ1n) is 7.89. The fraction of sp³-hybridized carbons (Fsp3) is 0.200. The van der Waals surface area contributed by atoms with E-state index in [9.17, 15) is 0 Å². The molecule has 2 aromatic carbocycles. The average molecular weight is 515 g/mol. The van der Waals surface area contributed by atoms with Gasteiger partial charge in [0.1, 0.15) is 9.52 Å². The van der Waals surface area contributed by atoms with Gasteiger partial charge in [-0.2, -0.15) is 0 Å². The summed E-state index contributed by atoms with van der Waals surface area (Å²) in [4.78, 5) is 0. The smallest absolute Gasteiger partial charge is 0.114 e. The Morgan fingerprint density at radius 3 is 1.50 bits per heavy atom. The predicted octanol–water partition coefficient (Wildman–Crippen LogP) is 7.01. The maximum Gasteiger partial charge on any atom is 0.118 e. The zero-order chi connectivity index (χ0) is 18.0. The quantitative estimate of drug-likeness (QED) is 0.298. The van der Waals surface area contributed by atoms with Crippen molar-refractivity contribution in [2.24, 2.45) is 0 Å². The number of rotatable bonds is 2. The Hall–Kier alpha value is 0.180. The van der Waals surface area contributed by atoms with Crippen LogP contribution in [0.5, 0.6) is 0 Å². The van der Waals surface area contributed by atoms with Gasteiger partial charge >= 0.3 is 0 Å². The summed E-state index contributed by atoms with van der Waals surface area (Å²) in [7, 11) is 0.242. The van der Waals surface area contributed by atoms with Crippen molar-refractivity contribution in [3.63, 3.8) is 0 Å². The SMILES string of the molecule is CC1=Cc2cc(Cl)ccc2C1(Cl)[Si]C1(Cl)C(C)=Cc2cc(Cl)ccc21.[Zr]. The Bertz CT molecular complexity index is 891. The largest absolute Gasteiger partial charge is 0.118 e. The maximum atomic E-state index is 7.20. The van der Waals surface area contributed by atoms with Crippen LogP contribution in [0.3, 0.4) is 0 Å². The van der Waals surface area contributed by atoms with Gasteiger partial charge in [-0.05, 0) is 60.4 Å². The van der Waals surface area contributed by atoms with Gasteiger partial charge in [-0.1, -0.05) is 58.6 Å². The number of hydrogen-bond donors (Lipinski definition) is 0. The fourth-order valence-corrected chi connectivity index (χ4v) is 7.14. The van der Waals surface area contributed by atoms with Crippen LogP contribution in [0.1, 0.15) is 36.1 Å². The van der Waals surface area contributed by atoms with Crippen molar-refractivity contribution in [1.29, 1.82) is 0 Å². The zero-order valence-electron chi connectivity index (χ0n) is 14.1. The van der Waals surface area contributed by atoms with Crippen LogP contribution < -0.4 is 0 Å². The summed E-state index contributed by atoms with van der Waals surface area (Å²) in [6, 6.07) is 11.7. The van der Waals surface area contributed by atoms with Crippen LogP contribution in [-0.2, 0) is 35.2 Å². The van der Waals surface area contributed by atoms with E-state index in [0.717, 1.165) is 33.4 Å². The third kappa shape index (κ3) is 3.15. The second kappa shape index (κ2) is 7.21. The van der Waals surface area contributed by atoms with Gasteiger partial charge < -0.3 is 0 Å². The molecular formula is C20H14Cl4SiZr. The number of allylic oxidation sites excluding steroid dienone is 2. The second-order valence-electron chi connectivity index (χ2n) is 6.56. The van der Waals surface area contributed by atoms with E-state index < -0.39 is 8.99 Å². The number of fused-ring (bicyclic) bond motifs is 2. The minimum Gasteiger partial charge on any atom is -0.114 e. The first-order valence-corrected chi connectivity index (χ1v) is 10.4. The second-order valence-corrected chi connectivity index (χ2v) is 11.0. The van der Waals surface area contributed by atoms with E-state index in [1.54, 1.807) is 0 Å². The standard InChI is InChI=1S/C20H14Cl4Si.Zr/c1-11-7-13-9-15(21)3-5-17(13)19(11,23)25-20(24)12(2)8-14-10-16(22)4-6-18(14)20;/h3-10H,1-2H3;. The molecule has 130 valence electrons. The molecule has 0 saturated carbocycles. The maximum absolute atomic E-state index is 7.20. The topological polar surface area (TPSA) is 0 Å². The molecule has 26 heavy (non-hydrogen) atoms. The van der Waals surface area contributed by atoms with E-state index in [-0.39, 0.29) is 35.7 Å². The van der Waals surface area contributed by atoms with E-state index in [2.05, 4.69) is 26.0 Å². The molecule has 6 heteroatoms. The normalized spacial score (nSPS) is 25.9. The van der Waals surface area contributed by atoms with Crippen LogP contribution in [0.15, 0.2) is 47.5 Å². The molecule has 0 saturated heterocycles. The van der Waals surface area contributed by atoms with Crippen LogP contribution in [0.2, 0.25) is 10.0 Å². The summed E-state index contributed by atoms with van der Waals surface area (Å²) in [6.07, 6.45) is 4.22. The molecular weight excluding hydrogens is 501 g/mol. The summed E-state index contributed by atoms with van der Waals surface area (Å²) >= 11 is 26.7. The molecule has 2 aliphatic carbocycles. The van der Waals surface area contributed by atoms with Gasteiger partial charge in [0, 0.05) is 36.2 Å². The Morgan fingerprint density at radius 1 is 0.731 bits per heavy atom. The van der Waals surface area contributed by atoms with Crippen molar-refractivity contribution in [3.05, 3.63) is 79.8 Å². The third-order valence-corrected chi connectivity index (χ3v) is 9.00. The predicted molar refractivity (Wildman–Crippen MR) is 111 cm³/mol. The van der Waals surface area contributed by atoms with Crippen molar-refractivity contribution in [2.45, 2.75) is 22.8 Å².